The van der Waals surface area contributed by atoms with Crippen LogP contribution in [-0.4, -0.2) is 48.7 Å². The quantitative estimate of drug-likeness (QED) is 0.723. The molecule has 2 fully saturated rings. The van der Waals surface area contributed by atoms with Crippen molar-refractivity contribution in [1.82, 2.24) is 10.2 Å². The summed E-state index contributed by atoms with van der Waals surface area (Å²) >= 11 is 0. The first-order valence-electron chi connectivity index (χ1n) is 6.41. The monoisotopic (exact) mass is 226 g/mol. The highest BCUT2D eigenvalue weighted by Crippen LogP contribution is 2.22. The van der Waals surface area contributed by atoms with Gasteiger partial charge in [-0.25, -0.2) is 0 Å². The number of piperidine rings is 1. The molecule has 2 heterocycles. The van der Waals surface area contributed by atoms with Crippen LogP contribution in [0.2, 0.25) is 0 Å². The fraction of sp³-hybridized carbons (Fsp3) is 0.917. The highest BCUT2D eigenvalue weighted by Gasteiger charge is 2.30. The molecule has 92 valence electrons. The second kappa shape index (κ2) is 5.64. The van der Waals surface area contributed by atoms with E-state index in [1.54, 1.807) is 0 Å². The summed E-state index contributed by atoms with van der Waals surface area (Å²) in [7, 11) is 0. The van der Waals surface area contributed by atoms with Crippen molar-refractivity contribution in [3.63, 3.8) is 0 Å². The van der Waals surface area contributed by atoms with Crippen LogP contribution in [0.3, 0.4) is 0 Å². The van der Waals surface area contributed by atoms with Crippen molar-refractivity contribution in [3.8, 4) is 0 Å². The van der Waals surface area contributed by atoms with E-state index in [2.05, 4.69) is 5.32 Å². The minimum Gasteiger partial charge on any atom is -0.396 e. The number of aliphatic hydroxyl groups excluding tert-OH is 1. The second-order valence-corrected chi connectivity index (χ2v) is 4.99. The van der Waals surface area contributed by atoms with Gasteiger partial charge in [0.2, 0.25) is 5.91 Å². The lowest BCUT2D eigenvalue weighted by molar-refractivity contribution is -0.135. The Morgan fingerprint density at radius 3 is 3.00 bits per heavy atom. The van der Waals surface area contributed by atoms with Crippen LogP contribution < -0.4 is 5.32 Å². The largest absolute Gasteiger partial charge is 0.396 e. The molecule has 2 N–H and O–H groups in total. The van der Waals surface area contributed by atoms with Gasteiger partial charge in [0.25, 0.3) is 0 Å². The number of rotatable bonds is 3. The molecule has 4 heteroatoms. The molecular formula is C12H22N2O2. The third-order valence-electron chi connectivity index (χ3n) is 3.78. The fourth-order valence-electron chi connectivity index (χ4n) is 2.77. The van der Waals surface area contributed by atoms with Crippen LogP contribution in [0.5, 0.6) is 0 Å². The molecule has 2 aliphatic heterocycles. The number of amides is 1. The van der Waals surface area contributed by atoms with E-state index < -0.39 is 0 Å². The van der Waals surface area contributed by atoms with Gasteiger partial charge in [0.05, 0.1) is 5.92 Å². The number of aliphatic hydroxyl groups is 1. The number of nitrogens with one attached hydrogen (secondary N) is 1. The molecule has 2 aliphatic rings. The summed E-state index contributed by atoms with van der Waals surface area (Å²) in [6.07, 6.45) is 4.05. The summed E-state index contributed by atoms with van der Waals surface area (Å²) in [5.41, 5.74) is 0. The van der Waals surface area contributed by atoms with Crippen molar-refractivity contribution < 1.29 is 9.90 Å². The topological polar surface area (TPSA) is 52.6 Å². The summed E-state index contributed by atoms with van der Waals surface area (Å²) in [6, 6.07) is 0. The van der Waals surface area contributed by atoms with Crippen LogP contribution >= 0.6 is 0 Å². The fourth-order valence-corrected chi connectivity index (χ4v) is 2.77. The molecule has 0 aromatic rings. The van der Waals surface area contributed by atoms with Gasteiger partial charge in [-0.15, -0.1) is 0 Å². The summed E-state index contributed by atoms with van der Waals surface area (Å²) in [5, 5.41) is 12.2. The molecular weight excluding hydrogens is 204 g/mol. The van der Waals surface area contributed by atoms with Crippen molar-refractivity contribution in [3.05, 3.63) is 0 Å². The lowest BCUT2D eigenvalue weighted by Gasteiger charge is -2.26. The van der Waals surface area contributed by atoms with Gasteiger partial charge in [0.15, 0.2) is 0 Å². The molecule has 0 radical (unpaired) electrons. The molecule has 0 saturated carbocycles. The van der Waals surface area contributed by atoms with Crippen molar-refractivity contribution in [2.24, 2.45) is 11.8 Å². The van der Waals surface area contributed by atoms with Crippen molar-refractivity contribution >= 4 is 5.91 Å². The number of likely N-dealkylation sites (tertiary alicyclic amines) is 1. The SMILES string of the molecule is O=C(C1CCCNC1)N1CCC(CCO)C1. The molecule has 2 rings (SSSR count). The summed E-state index contributed by atoms with van der Waals surface area (Å²) in [5.74, 6) is 1.04. The number of hydrogen-bond acceptors (Lipinski definition) is 3. The minimum absolute atomic E-state index is 0.196. The average Bonchev–Trinajstić information content (AvgIpc) is 2.78. The normalized spacial score (nSPS) is 30.7. The Balaban J connectivity index is 1.81. The van der Waals surface area contributed by atoms with Crippen LogP contribution in [0.15, 0.2) is 0 Å². The highest BCUT2D eigenvalue weighted by molar-refractivity contribution is 5.79. The van der Waals surface area contributed by atoms with Gasteiger partial charge in [-0.05, 0) is 38.1 Å². The van der Waals surface area contributed by atoms with Gasteiger partial charge in [-0.1, -0.05) is 0 Å². The molecule has 0 spiro atoms. The summed E-state index contributed by atoms with van der Waals surface area (Å²) < 4.78 is 0. The van der Waals surface area contributed by atoms with Gasteiger partial charge in [0, 0.05) is 26.2 Å². The van der Waals surface area contributed by atoms with E-state index in [0.717, 1.165) is 51.9 Å². The molecule has 0 bridgehead atoms. The molecule has 0 aromatic heterocycles. The Morgan fingerprint density at radius 2 is 2.31 bits per heavy atom. The first-order chi connectivity index (χ1) is 7.81. The lowest BCUT2D eigenvalue weighted by atomic mass is 9.98. The Hall–Kier alpha value is -0.610. The molecule has 4 nitrogen and oxygen atoms in total. The Morgan fingerprint density at radius 1 is 1.44 bits per heavy atom. The minimum atomic E-state index is 0.196. The maximum Gasteiger partial charge on any atom is 0.226 e. The van der Waals surface area contributed by atoms with Gasteiger partial charge >= 0.3 is 0 Å². The predicted molar refractivity (Wildman–Crippen MR) is 62.0 cm³/mol. The number of carbonyl (C=O) groups excluding carboxylic acids is 1. The predicted octanol–water partition coefficient (Wildman–Crippen LogP) is 0.217. The van der Waals surface area contributed by atoms with E-state index in [1.165, 1.54) is 0 Å². The Bertz CT molecular complexity index is 239. The van der Waals surface area contributed by atoms with Gasteiger partial charge in [-0.3, -0.25) is 4.79 Å². The zero-order valence-corrected chi connectivity index (χ0v) is 9.82. The molecule has 0 aliphatic carbocycles. The first-order valence-corrected chi connectivity index (χ1v) is 6.41. The molecule has 2 atom stereocenters. The van der Waals surface area contributed by atoms with Crippen LogP contribution in [-0.2, 0) is 4.79 Å². The number of nitrogens with zero attached hydrogens (tertiary/aromatic N) is 1. The summed E-state index contributed by atoms with van der Waals surface area (Å²) in [6.45, 7) is 3.89. The van der Waals surface area contributed by atoms with E-state index in [-0.39, 0.29) is 12.5 Å². The van der Waals surface area contributed by atoms with E-state index in [9.17, 15) is 4.79 Å². The van der Waals surface area contributed by atoms with Gasteiger partial charge in [0.1, 0.15) is 0 Å². The number of carbonyl (C=O) groups is 1. The van der Waals surface area contributed by atoms with Crippen LogP contribution in [0, 0.1) is 11.8 Å². The van der Waals surface area contributed by atoms with Crippen LogP contribution in [0.1, 0.15) is 25.7 Å². The van der Waals surface area contributed by atoms with E-state index >= 15 is 0 Å². The summed E-state index contributed by atoms with van der Waals surface area (Å²) in [4.78, 5) is 14.2. The van der Waals surface area contributed by atoms with E-state index in [4.69, 9.17) is 5.11 Å². The maximum atomic E-state index is 12.2. The highest BCUT2D eigenvalue weighted by atomic mass is 16.3. The molecule has 2 saturated heterocycles. The standard InChI is InChI=1S/C12H22N2O2/c15-7-4-10-3-6-14(9-10)12(16)11-2-1-5-13-8-11/h10-11,13,15H,1-9H2. The maximum absolute atomic E-state index is 12.2. The number of hydrogen-bond donors (Lipinski definition) is 2. The third kappa shape index (κ3) is 2.74. The molecule has 2 unspecified atom stereocenters. The molecule has 1 amide bonds. The second-order valence-electron chi connectivity index (χ2n) is 4.99. The van der Waals surface area contributed by atoms with E-state index in [0.29, 0.717) is 11.8 Å². The van der Waals surface area contributed by atoms with Crippen molar-refractivity contribution in [2.45, 2.75) is 25.7 Å². The third-order valence-corrected chi connectivity index (χ3v) is 3.78. The first kappa shape index (κ1) is 11.9. The van der Waals surface area contributed by atoms with E-state index in [1.807, 2.05) is 4.90 Å². The lowest BCUT2D eigenvalue weighted by Crippen LogP contribution is -2.42. The average molecular weight is 226 g/mol. The Kier molecular flexibility index (Phi) is 4.18. The molecule has 0 aromatic carbocycles. The smallest absolute Gasteiger partial charge is 0.226 e. The van der Waals surface area contributed by atoms with Gasteiger partial charge < -0.3 is 15.3 Å². The van der Waals surface area contributed by atoms with Gasteiger partial charge in [-0.2, -0.15) is 0 Å². The van der Waals surface area contributed by atoms with Crippen LogP contribution in [0.4, 0.5) is 0 Å². The van der Waals surface area contributed by atoms with Crippen LogP contribution in [0.25, 0.3) is 0 Å². The van der Waals surface area contributed by atoms with Crippen molar-refractivity contribution in [1.29, 1.82) is 0 Å². The van der Waals surface area contributed by atoms with Crippen molar-refractivity contribution in [2.75, 3.05) is 32.8 Å². The molecule has 16 heavy (non-hydrogen) atoms. The zero-order valence-electron chi connectivity index (χ0n) is 9.82. The Labute approximate surface area is 97.0 Å². The zero-order chi connectivity index (χ0) is 11.4.